The van der Waals surface area contributed by atoms with Crippen LogP contribution in [0.3, 0.4) is 0 Å². The van der Waals surface area contributed by atoms with Crippen LogP contribution in [0.1, 0.15) is 31.9 Å². The lowest BCUT2D eigenvalue weighted by atomic mass is 10.1. The van der Waals surface area contributed by atoms with Gasteiger partial charge in [-0.05, 0) is 37.6 Å². The van der Waals surface area contributed by atoms with E-state index in [-0.39, 0.29) is 6.04 Å². The molecule has 0 bridgehead atoms. The zero-order chi connectivity index (χ0) is 14.3. The van der Waals surface area contributed by atoms with E-state index < -0.39 is 0 Å². The second kappa shape index (κ2) is 8.41. The lowest BCUT2D eigenvalue weighted by Crippen LogP contribution is -2.21. The first-order valence-electron chi connectivity index (χ1n) is 6.83. The normalized spacial score (nSPS) is 12.5. The summed E-state index contributed by atoms with van der Waals surface area (Å²) in [6, 6.07) is 6.56. The molecular formula is C15H25ClN2O. The molecule has 4 heteroatoms. The number of methoxy groups -OCH3 is 1. The van der Waals surface area contributed by atoms with Crippen LogP contribution < -0.4 is 10.2 Å². The van der Waals surface area contributed by atoms with Crippen LogP contribution in [-0.2, 0) is 4.74 Å². The second-order valence-electron chi connectivity index (χ2n) is 4.75. The zero-order valence-electron chi connectivity index (χ0n) is 12.4. The van der Waals surface area contributed by atoms with E-state index in [1.165, 1.54) is 0 Å². The van der Waals surface area contributed by atoms with Crippen LogP contribution in [0.4, 0.5) is 5.69 Å². The molecule has 1 atom stereocenters. The van der Waals surface area contributed by atoms with Crippen LogP contribution >= 0.6 is 11.6 Å². The molecule has 0 heterocycles. The quantitative estimate of drug-likeness (QED) is 0.740. The fourth-order valence-electron chi connectivity index (χ4n) is 2.10. The SMILES string of the molecule is CCNC(C)c1ccc(N(C)CCCOC)cc1Cl. The van der Waals surface area contributed by atoms with Crippen LogP contribution in [-0.4, -0.2) is 33.9 Å². The highest BCUT2D eigenvalue weighted by Gasteiger charge is 2.10. The molecule has 1 aromatic rings. The molecule has 0 fully saturated rings. The van der Waals surface area contributed by atoms with E-state index in [4.69, 9.17) is 16.3 Å². The van der Waals surface area contributed by atoms with Gasteiger partial charge < -0.3 is 15.0 Å². The van der Waals surface area contributed by atoms with Gasteiger partial charge >= 0.3 is 0 Å². The fraction of sp³-hybridized carbons (Fsp3) is 0.600. The Morgan fingerprint density at radius 3 is 2.74 bits per heavy atom. The van der Waals surface area contributed by atoms with Crippen molar-refractivity contribution in [2.24, 2.45) is 0 Å². The first kappa shape index (κ1) is 16.3. The van der Waals surface area contributed by atoms with Gasteiger partial charge in [-0.2, -0.15) is 0 Å². The second-order valence-corrected chi connectivity index (χ2v) is 5.16. The van der Waals surface area contributed by atoms with Gasteiger partial charge in [0, 0.05) is 44.1 Å². The molecule has 1 N–H and O–H groups in total. The number of anilines is 1. The Bertz CT molecular complexity index is 384. The highest BCUT2D eigenvalue weighted by molar-refractivity contribution is 6.31. The number of hydrogen-bond acceptors (Lipinski definition) is 3. The molecule has 3 nitrogen and oxygen atoms in total. The van der Waals surface area contributed by atoms with Crippen molar-refractivity contribution in [3.63, 3.8) is 0 Å². The van der Waals surface area contributed by atoms with Crippen molar-refractivity contribution in [2.75, 3.05) is 38.8 Å². The molecule has 0 aliphatic rings. The predicted octanol–water partition coefficient (Wildman–Crippen LogP) is 3.48. The Balaban J connectivity index is 2.70. The summed E-state index contributed by atoms with van der Waals surface area (Å²) in [6.45, 7) is 6.92. The lowest BCUT2D eigenvalue weighted by molar-refractivity contribution is 0.196. The average molecular weight is 285 g/mol. The molecule has 1 unspecified atom stereocenters. The van der Waals surface area contributed by atoms with Gasteiger partial charge in [0.15, 0.2) is 0 Å². The number of hydrogen-bond donors (Lipinski definition) is 1. The summed E-state index contributed by atoms with van der Waals surface area (Å²) in [5, 5.41) is 4.20. The Labute approximate surface area is 121 Å². The molecule has 0 radical (unpaired) electrons. The Hall–Kier alpha value is -0.770. The van der Waals surface area contributed by atoms with Gasteiger partial charge in [0.25, 0.3) is 0 Å². The third kappa shape index (κ3) is 5.01. The van der Waals surface area contributed by atoms with Crippen molar-refractivity contribution in [2.45, 2.75) is 26.3 Å². The lowest BCUT2D eigenvalue weighted by Gasteiger charge is -2.21. The molecule has 0 aromatic heterocycles. The van der Waals surface area contributed by atoms with Crippen LogP contribution in [0, 0.1) is 0 Å². The molecular weight excluding hydrogens is 260 g/mol. The Morgan fingerprint density at radius 2 is 2.16 bits per heavy atom. The molecule has 0 saturated heterocycles. The van der Waals surface area contributed by atoms with Crippen LogP contribution in [0.15, 0.2) is 18.2 Å². The van der Waals surface area contributed by atoms with Crippen molar-refractivity contribution >= 4 is 17.3 Å². The summed E-state index contributed by atoms with van der Waals surface area (Å²) in [6.07, 6.45) is 1.01. The van der Waals surface area contributed by atoms with Crippen LogP contribution in [0.5, 0.6) is 0 Å². The highest BCUT2D eigenvalue weighted by atomic mass is 35.5. The van der Waals surface area contributed by atoms with Crippen molar-refractivity contribution in [1.29, 1.82) is 0 Å². The van der Waals surface area contributed by atoms with Gasteiger partial charge in [-0.25, -0.2) is 0 Å². The average Bonchev–Trinajstić information content (AvgIpc) is 2.39. The Morgan fingerprint density at radius 1 is 1.42 bits per heavy atom. The van der Waals surface area contributed by atoms with Gasteiger partial charge in [-0.1, -0.05) is 24.6 Å². The molecule has 1 aromatic carbocycles. The molecule has 1 rings (SSSR count). The molecule has 19 heavy (non-hydrogen) atoms. The molecule has 108 valence electrons. The maximum atomic E-state index is 6.37. The standard InChI is InChI=1S/C15H25ClN2O/c1-5-17-12(2)14-8-7-13(11-15(14)16)18(3)9-6-10-19-4/h7-8,11-12,17H,5-6,9-10H2,1-4H3. The maximum absolute atomic E-state index is 6.37. The summed E-state index contributed by atoms with van der Waals surface area (Å²) in [7, 11) is 3.81. The minimum Gasteiger partial charge on any atom is -0.385 e. The van der Waals surface area contributed by atoms with Crippen molar-refractivity contribution in [1.82, 2.24) is 5.32 Å². The topological polar surface area (TPSA) is 24.5 Å². The van der Waals surface area contributed by atoms with E-state index >= 15 is 0 Å². The van der Waals surface area contributed by atoms with Crippen molar-refractivity contribution < 1.29 is 4.74 Å². The Kier molecular flexibility index (Phi) is 7.21. The van der Waals surface area contributed by atoms with E-state index in [0.717, 1.165) is 42.4 Å². The molecule has 0 aliphatic heterocycles. The van der Waals surface area contributed by atoms with E-state index in [2.05, 4.69) is 43.2 Å². The van der Waals surface area contributed by atoms with Crippen molar-refractivity contribution in [3.05, 3.63) is 28.8 Å². The monoisotopic (exact) mass is 284 g/mol. The summed E-state index contributed by atoms with van der Waals surface area (Å²) >= 11 is 6.37. The first-order chi connectivity index (χ1) is 9.10. The van der Waals surface area contributed by atoms with E-state index in [1.54, 1.807) is 7.11 Å². The smallest absolute Gasteiger partial charge is 0.0479 e. The summed E-state index contributed by atoms with van der Waals surface area (Å²) < 4.78 is 5.07. The van der Waals surface area contributed by atoms with Gasteiger partial charge in [0.05, 0.1) is 0 Å². The molecule has 0 amide bonds. The summed E-state index contributed by atoms with van der Waals surface area (Å²) in [5.41, 5.74) is 2.30. The molecule has 0 spiro atoms. The highest BCUT2D eigenvalue weighted by Crippen LogP contribution is 2.27. The third-order valence-electron chi connectivity index (χ3n) is 3.24. The summed E-state index contributed by atoms with van der Waals surface area (Å²) in [5.74, 6) is 0. The number of nitrogens with one attached hydrogen (secondary N) is 1. The fourth-order valence-corrected chi connectivity index (χ4v) is 2.43. The maximum Gasteiger partial charge on any atom is 0.0479 e. The van der Waals surface area contributed by atoms with Gasteiger partial charge in [-0.15, -0.1) is 0 Å². The number of benzene rings is 1. The third-order valence-corrected chi connectivity index (χ3v) is 3.57. The first-order valence-corrected chi connectivity index (χ1v) is 7.20. The van der Waals surface area contributed by atoms with Crippen LogP contribution in [0.25, 0.3) is 0 Å². The van der Waals surface area contributed by atoms with Crippen LogP contribution in [0.2, 0.25) is 5.02 Å². The predicted molar refractivity (Wildman–Crippen MR) is 83.3 cm³/mol. The van der Waals surface area contributed by atoms with E-state index in [0.29, 0.717) is 0 Å². The largest absolute Gasteiger partial charge is 0.385 e. The molecule has 0 saturated carbocycles. The number of ether oxygens (including phenoxy) is 1. The number of halogens is 1. The van der Waals surface area contributed by atoms with E-state index in [1.807, 2.05) is 6.07 Å². The van der Waals surface area contributed by atoms with Gasteiger partial charge in [0.1, 0.15) is 0 Å². The van der Waals surface area contributed by atoms with Crippen molar-refractivity contribution in [3.8, 4) is 0 Å². The molecule has 0 aliphatic carbocycles. The minimum absolute atomic E-state index is 0.283. The summed E-state index contributed by atoms with van der Waals surface area (Å²) in [4.78, 5) is 2.20. The number of rotatable bonds is 8. The van der Waals surface area contributed by atoms with E-state index in [9.17, 15) is 0 Å². The van der Waals surface area contributed by atoms with Gasteiger partial charge in [-0.3, -0.25) is 0 Å². The number of nitrogens with zero attached hydrogens (tertiary/aromatic N) is 1. The van der Waals surface area contributed by atoms with Gasteiger partial charge in [0.2, 0.25) is 0 Å². The minimum atomic E-state index is 0.283. The zero-order valence-corrected chi connectivity index (χ0v) is 13.1.